The molecule has 3 heterocycles. The van der Waals surface area contributed by atoms with Crippen molar-refractivity contribution < 1.29 is 14.7 Å². The Kier molecular flexibility index (Phi) is 3.83. The molecule has 0 aliphatic carbocycles. The molecule has 8 heteroatoms. The zero-order valence-electron chi connectivity index (χ0n) is 13.6. The summed E-state index contributed by atoms with van der Waals surface area (Å²) in [5.74, 6) is -1.44. The number of rotatable bonds is 4. The number of hydrogen-bond acceptors (Lipinski definition) is 4. The van der Waals surface area contributed by atoms with Crippen LogP contribution in [0.15, 0.2) is 23.4 Å². The van der Waals surface area contributed by atoms with E-state index in [4.69, 9.17) is 16.7 Å². The summed E-state index contributed by atoms with van der Waals surface area (Å²) >= 11 is 6.02. The van der Waals surface area contributed by atoms with Crippen LogP contribution in [0.3, 0.4) is 0 Å². The van der Waals surface area contributed by atoms with E-state index in [0.717, 1.165) is 21.8 Å². The fraction of sp³-hybridized carbons (Fsp3) is 0.375. The number of hydrazone groups is 1. The maximum Gasteiger partial charge on any atom is 0.325 e. The molecule has 0 unspecified atom stereocenters. The number of aliphatic carboxylic acids is 1. The lowest BCUT2D eigenvalue weighted by molar-refractivity contribution is -0.145. The minimum absolute atomic E-state index is 0.338. The molecule has 126 valence electrons. The van der Waals surface area contributed by atoms with Crippen LogP contribution in [-0.4, -0.2) is 43.9 Å². The Morgan fingerprint density at radius 3 is 2.71 bits per heavy atom. The number of carbonyl (C=O) groups excluding carboxylic acids is 1. The first kappa shape index (κ1) is 16.4. The molecule has 0 bridgehead atoms. The van der Waals surface area contributed by atoms with E-state index < -0.39 is 17.9 Å². The van der Waals surface area contributed by atoms with Crippen LogP contribution in [0.1, 0.15) is 32.0 Å². The number of nitrogens with zero attached hydrogens (tertiary/aromatic N) is 4. The van der Waals surface area contributed by atoms with Crippen LogP contribution >= 0.6 is 11.6 Å². The van der Waals surface area contributed by atoms with Crippen LogP contribution in [0, 0.1) is 5.41 Å². The molecule has 2 aromatic heterocycles. The number of aryl methyl sites for hydroxylation is 1. The van der Waals surface area contributed by atoms with Crippen molar-refractivity contribution in [3.8, 4) is 0 Å². The number of carboxylic acids is 1. The van der Waals surface area contributed by atoms with Gasteiger partial charge in [-0.25, -0.2) is 9.52 Å². The first-order chi connectivity index (χ1) is 11.3. The number of halogens is 1. The molecule has 1 N–H and O–H groups in total. The lowest BCUT2D eigenvalue weighted by Gasteiger charge is -2.18. The highest BCUT2D eigenvalue weighted by Crippen LogP contribution is 2.35. The fourth-order valence-corrected chi connectivity index (χ4v) is 3.05. The first-order valence-electron chi connectivity index (χ1n) is 7.55. The van der Waals surface area contributed by atoms with Gasteiger partial charge in [0.05, 0.1) is 27.4 Å². The van der Waals surface area contributed by atoms with Crippen molar-refractivity contribution in [2.75, 3.05) is 6.54 Å². The third-order valence-electron chi connectivity index (χ3n) is 4.10. The summed E-state index contributed by atoms with van der Waals surface area (Å²) in [6.45, 7) is 4.99. The van der Waals surface area contributed by atoms with E-state index in [9.17, 15) is 9.59 Å². The molecule has 2 aromatic rings. The van der Waals surface area contributed by atoms with Crippen LogP contribution in [0.4, 0.5) is 0 Å². The number of aromatic nitrogens is 2. The second-order valence-corrected chi connectivity index (χ2v) is 6.62. The molecule has 3 rings (SSSR count). The van der Waals surface area contributed by atoms with E-state index in [2.05, 4.69) is 10.2 Å². The molecule has 0 spiro atoms. The second kappa shape index (κ2) is 5.59. The zero-order chi connectivity index (χ0) is 17.6. The van der Waals surface area contributed by atoms with Gasteiger partial charge in [0.1, 0.15) is 6.54 Å². The number of amides is 1. The predicted octanol–water partition coefficient (Wildman–Crippen LogP) is 2.21. The smallest absolute Gasteiger partial charge is 0.325 e. The SMILES string of the molecule is CCc1nn2cc(Cl)ccc2c1C1=NN(CC(=O)O)C(=O)C1(C)C. The van der Waals surface area contributed by atoms with Crippen molar-refractivity contribution >= 4 is 34.7 Å². The van der Waals surface area contributed by atoms with Crippen LogP contribution < -0.4 is 0 Å². The van der Waals surface area contributed by atoms with Gasteiger partial charge in [0.2, 0.25) is 0 Å². The minimum atomic E-state index is -1.11. The first-order valence-corrected chi connectivity index (χ1v) is 7.93. The summed E-state index contributed by atoms with van der Waals surface area (Å²) in [4.78, 5) is 23.5. The Bertz CT molecular complexity index is 885. The summed E-state index contributed by atoms with van der Waals surface area (Å²) in [5, 5.41) is 19.4. The number of fused-ring (bicyclic) bond motifs is 1. The number of carboxylic acid groups (broad SMARTS) is 1. The second-order valence-electron chi connectivity index (χ2n) is 6.18. The molecular weight excluding hydrogens is 332 g/mol. The highest BCUT2D eigenvalue weighted by molar-refractivity contribution is 6.30. The maximum absolute atomic E-state index is 12.6. The van der Waals surface area contributed by atoms with E-state index in [1.807, 2.05) is 13.0 Å². The van der Waals surface area contributed by atoms with E-state index in [1.54, 1.807) is 30.6 Å². The van der Waals surface area contributed by atoms with Gasteiger partial charge in [-0.3, -0.25) is 9.59 Å². The summed E-state index contributed by atoms with van der Waals surface area (Å²) in [5.41, 5.74) is 1.94. The van der Waals surface area contributed by atoms with E-state index in [0.29, 0.717) is 17.2 Å². The predicted molar refractivity (Wildman–Crippen MR) is 89.2 cm³/mol. The van der Waals surface area contributed by atoms with Crippen LogP contribution in [0.5, 0.6) is 0 Å². The van der Waals surface area contributed by atoms with E-state index in [-0.39, 0.29) is 5.91 Å². The average Bonchev–Trinajstić information content (AvgIpc) is 2.96. The minimum Gasteiger partial charge on any atom is -0.480 e. The zero-order valence-corrected chi connectivity index (χ0v) is 14.3. The van der Waals surface area contributed by atoms with Crippen LogP contribution in [0.2, 0.25) is 5.02 Å². The van der Waals surface area contributed by atoms with Crippen molar-refractivity contribution in [3.05, 3.63) is 34.6 Å². The summed E-state index contributed by atoms with van der Waals surface area (Å²) < 4.78 is 1.67. The largest absolute Gasteiger partial charge is 0.480 e. The number of pyridine rings is 1. The van der Waals surface area contributed by atoms with Crippen LogP contribution in [-0.2, 0) is 16.0 Å². The summed E-state index contributed by atoms with van der Waals surface area (Å²) in [6, 6.07) is 3.58. The monoisotopic (exact) mass is 348 g/mol. The lowest BCUT2D eigenvalue weighted by atomic mass is 9.82. The van der Waals surface area contributed by atoms with Gasteiger partial charge in [-0.1, -0.05) is 18.5 Å². The molecule has 0 aromatic carbocycles. The highest BCUT2D eigenvalue weighted by atomic mass is 35.5. The van der Waals surface area contributed by atoms with Gasteiger partial charge in [-0.05, 0) is 32.4 Å². The Morgan fingerprint density at radius 2 is 2.08 bits per heavy atom. The molecule has 1 aliphatic heterocycles. The van der Waals surface area contributed by atoms with Crippen molar-refractivity contribution in [1.29, 1.82) is 0 Å². The Labute approximate surface area is 143 Å². The Balaban J connectivity index is 2.21. The number of carbonyl (C=O) groups is 2. The standard InChI is InChI=1S/C16H17ClN4O3/c1-4-10-13(11-6-5-9(17)7-20(11)18-10)14-16(2,3)15(24)21(19-14)8-12(22)23/h5-7H,4,8H2,1-3H3,(H,22,23). The highest BCUT2D eigenvalue weighted by Gasteiger charge is 2.46. The molecule has 0 saturated heterocycles. The van der Waals surface area contributed by atoms with Gasteiger partial charge in [-0.2, -0.15) is 10.2 Å². The lowest BCUT2D eigenvalue weighted by Crippen LogP contribution is -2.37. The van der Waals surface area contributed by atoms with Crippen molar-refractivity contribution in [3.63, 3.8) is 0 Å². The normalized spacial score (nSPS) is 16.8. The molecule has 1 amide bonds. The van der Waals surface area contributed by atoms with Gasteiger partial charge in [0, 0.05) is 11.8 Å². The van der Waals surface area contributed by atoms with Gasteiger partial charge >= 0.3 is 5.97 Å². The maximum atomic E-state index is 12.6. The third kappa shape index (κ3) is 2.45. The van der Waals surface area contributed by atoms with Gasteiger partial charge < -0.3 is 5.11 Å². The molecule has 24 heavy (non-hydrogen) atoms. The summed E-state index contributed by atoms with van der Waals surface area (Å²) in [6.07, 6.45) is 2.34. The molecular formula is C16H17ClN4O3. The molecule has 0 radical (unpaired) electrons. The average molecular weight is 349 g/mol. The molecule has 1 aliphatic rings. The van der Waals surface area contributed by atoms with Gasteiger partial charge in [-0.15, -0.1) is 0 Å². The van der Waals surface area contributed by atoms with E-state index >= 15 is 0 Å². The fourth-order valence-electron chi connectivity index (χ4n) is 2.89. The van der Waals surface area contributed by atoms with Crippen molar-refractivity contribution in [2.45, 2.75) is 27.2 Å². The van der Waals surface area contributed by atoms with E-state index in [1.165, 1.54) is 0 Å². The molecule has 7 nitrogen and oxygen atoms in total. The van der Waals surface area contributed by atoms with Crippen LogP contribution in [0.25, 0.3) is 5.52 Å². The Morgan fingerprint density at radius 1 is 1.38 bits per heavy atom. The third-order valence-corrected chi connectivity index (χ3v) is 4.33. The van der Waals surface area contributed by atoms with Gasteiger partial charge in [0.15, 0.2) is 0 Å². The quantitative estimate of drug-likeness (QED) is 0.917. The molecule has 0 atom stereocenters. The summed E-state index contributed by atoms with van der Waals surface area (Å²) in [7, 11) is 0. The number of hydrogen-bond donors (Lipinski definition) is 1. The Hall–Kier alpha value is -2.41. The van der Waals surface area contributed by atoms with Gasteiger partial charge in [0.25, 0.3) is 5.91 Å². The topological polar surface area (TPSA) is 87.3 Å². The molecule has 0 fully saturated rings. The van der Waals surface area contributed by atoms with Crippen molar-refractivity contribution in [1.82, 2.24) is 14.6 Å². The van der Waals surface area contributed by atoms with Crippen molar-refractivity contribution in [2.24, 2.45) is 10.5 Å². The molecule has 0 saturated carbocycles.